The molecule has 0 aliphatic carbocycles. The minimum atomic E-state index is 0.636. The second kappa shape index (κ2) is 8.31. The van der Waals surface area contributed by atoms with Gasteiger partial charge in [-0.15, -0.1) is 6.58 Å². The molecule has 0 saturated heterocycles. The van der Waals surface area contributed by atoms with Crippen LogP contribution in [0.4, 0.5) is 0 Å². The van der Waals surface area contributed by atoms with Crippen LogP contribution in [0.15, 0.2) is 12.7 Å². The van der Waals surface area contributed by atoms with Gasteiger partial charge in [-0.1, -0.05) is 32.8 Å². The first-order valence-electron chi connectivity index (χ1n) is 5.58. The Morgan fingerprint density at radius 1 is 1.23 bits per heavy atom. The van der Waals surface area contributed by atoms with Crippen molar-refractivity contribution >= 4 is 0 Å². The molecule has 0 heterocycles. The Morgan fingerprint density at radius 3 is 2.08 bits per heavy atom. The Morgan fingerprint density at radius 2 is 1.77 bits per heavy atom. The van der Waals surface area contributed by atoms with Gasteiger partial charge in [-0.3, -0.25) is 0 Å². The maximum absolute atomic E-state index is 3.81. The van der Waals surface area contributed by atoms with E-state index in [-0.39, 0.29) is 0 Å². The largest absolute Gasteiger partial charge is 0.316 e. The molecule has 0 aromatic rings. The number of rotatable bonds is 8. The Balaban J connectivity index is 4.02. The van der Waals surface area contributed by atoms with Crippen LogP contribution in [0.3, 0.4) is 0 Å². The second-order valence-corrected chi connectivity index (χ2v) is 3.76. The van der Waals surface area contributed by atoms with E-state index in [2.05, 4.69) is 32.8 Å². The molecule has 0 bridgehead atoms. The quantitative estimate of drug-likeness (QED) is 0.569. The molecule has 0 rings (SSSR count). The molecule has 1 heteroatoms. The lowest BCUT2D eigenvalue weighted by Gasteiger charge is -2.25. The molecule has 1 N–H and O–H groups in total. The van der Waals surface area contributed by atoms with Crippen LogP contribution in [0.5, 0.6) is 0 Å². The van der Waals surface area contributed by atoms with Crippen molar-refractivity contribution in [2.75, 3.05) is 7.05 Å². The SMILES string of the molecule is C=CCC(NC)C(CCC)CCC. The highest BCUT2D eigenvalue weighted by atomic mass is 14.9. The molecule has 0 radical (unpaired) electrons. The van der Waals surface area contributed by atoms with Crippen molar-refractivity contribution in [1.82, 2.24) is 5.32 Å². The number of hydrogen-bond acceptors (Lipinski definition) is 1. The van der Waals surface area contributed by atoms with Crippen molar-refractivity contribution in [1.29, 1.82) is 0 Å². The predicted molar refractivity (Wildman–Crippen MR) is 61.0 cm³/mol. The molecule has 0 spiro atoms. The fraction of sp³-hybridized carbons (Fsp3) is 0.833. The number of nitrogens with one attached hydrogen (secondary N) is 1. The summed E-state index contributed by atoms with van der Waals surface area (Å²) in [7, 11) is 2.06. The van der Waals surface area contributed by atoms with E-state index in [1.165, 1.54) is 25.7 Å². The average Bonchev–Trinajstić information content (AvgIpc) is 2.14. The lowest BCUT2D eigenvalue weighted by molar-refractivity contribution is 0.326. The van der Waals surface area contributed by atoms with Gasteiger partial charge in [-0.2, -0.15) is 0 Å². The van der Waals surface area contributed by atoms with E-state index < -0.39 is 0 Å². The molecular formula is C12H25N. The highest BCUT2D eigenvalue weighted by molar-refractivity contribution is 4.82. The van der Waals surface area contributed by atoms with Crippen molar-refractivity contribution in [2.24, 2.45) is 5.92 Å². The molecule has 1 atom stereocenters. The smallest absolute Gasteiger partial charge is 0.0127 e. The summed E-state index contributed by atoms with van der Waals surface area (Å²) in [6.07, 6.45) is 8.39. The lowest BCUT2D eigenvalue weighted by Crippen LogP contribution is -2.33. The van der Waals surface area contributed by atoms with Gasteiger partial charge < -0.3 is 5.32 Å². The summed E-state index contributed by atoms with van der Waals surface area (Å²) < 4.78 is 0. The molecule has 0 aliphatic rings. The van der Waals surface area contributed by atoms with Crippen LogP contribution in [0.2, 0.25) is 0 Å². The van der Waals surface area contributed by atoms with Crippen molar-refractivity contribution in [3.8, 4) is 0 Å². The maximum atomic E-state index is 3.81. The molecule has 0 fully saturated rings. The van der Waals surface area contributed by atoms with Gasteiger partial charge in [0, 0.05) is 6.04 Å². The van der Waals surface area contributed by atoms with Gasteiger partial charge in [0.05, 0.1) is 0 Å². The highest BCUT2D eigenvalue weighted by Crippen LogP contribution is 2.19. The molecule has 1 nitrogen and oxygen atoms in total. The zero-order valence-corrected chi connectivity index (χ0v) is 9.47. The molecular weight excluding hydrogens is 158 g/mol. The summed E-state index contributed by atoms with van der Waals surface area (Å²) in [4.78, 5) is 0. The summed E-state index contributed by atoms with van der Waals surface area (Å²) >= 11 is 0. The zero-order valence-electron chi connectivity index (χ0n) is 9.47. The first kappa shape index (κ1) is 12.7. The fourth-order valence-electron chi connectivity index (χ4n) is 2.01. The first-order valence-corrected chi connectivity index (χ1v) is 5.58. The Labute approximate surface area is 83.6 Å². The summed E-state index contributed by atoms with van der Waals surface area (Å²) in [5.41, 5.74) is 0. The Kier molecular flexibility index (Phi) is 8.11. The molecule has 0 saturated carbocycles. The average molecular weight is 183 g/mol. The number of hydrogen-bond donors (Lipinski definition) is 1. The van der Waals surface area contributed by atoms with Crippen LogP contribution in [0.1, 0.15) is 46.0 Å². The summed E-state index contributed by atoms with van der Waals surface area (Å²) in [5.74, 6) is 0.831. The third-order valence-corrected chi connectivity index (χ3v) is 2.68. The van der Waals surface area contributed by atoms with Gasteiger partial charge in [-0.25, -0.2) is 0 Å². The van der Waals surface area contributed by atoms with Gasteiger partial charge in [0.25, 0.3) is 0 Å². The van der Waals surface area contributed by atoms with Crippen LogP contribution in [0.25, 0.3) is 0 Å². The summed E-state index contributed by atoms with van der Waals surface area (Å²) in [6.45, 7) is 8.35. The molecule has 0 aromatic heterocycles. The molecule has 0 aromatic carbocycles. The molecule has 78 valence electrons. The van der Waals surface area contributed by atoms with E-state index in [0.717, 1.165) is 12.3 Å². The van der Waals surface area contributed by atoms with Gasteiger partial charge >= 0.3 is 0 Å². The third kappa shape index (κ3) is 5.09. The van der Waals surface area contributed by atoms with Crippen molar-refractivity contribution in [3.63, 3.8) is 0 Å². The normalized spacial score (nSPS) is 13.2. The van der Waals surface area contributed by atoms with Gasteiger partial charge in [0.1, 0.15) is 0 Å². The van der Waals surface area contributed by atoms with E-state index in [1.807, 2.05) is 6.08 Å². The molecule has 13 heavy (non-hydrogen) atoms. The van der Waals surface area contributed by atoms with E-state index in [1.54, 1.807) is 0 Å². The van der Waals surface area contributed by atoms with Crippen LogP contribution in [-0.2, 0) is 0 Å². The van der Waals surface area contributed by atoms with Crippen LogP contribution >= 0.6 is 0 Å². The van der Waals surface area contributed by atoms with E-state index in [0.29, 0.717) is 6.04 Å². The predicted octanol–water partition coefficient (Wildman–Crippen LogP) is 3.37. The van der Waals surface area contributed by atoms with Crippen LogP contribution in [-0.4, -0.2) is 13.1 Å². The maximum Gasteiger partial charge on any atom is 0.0127 e. The van der Waals surface area contributed by atoms with Crippen LogP contribution in [0, 0.1) is 5.92 Å². The van der Waals surface area contributed by atoms with E-state index >= 15 is 0 Å². The van der Waals surface area contributed by atoms with Gasteiger partial charge in [0.2, 0.25) is 0 Å². The monoisotopic (exact) mass is 183 g/mol. The standard InChI is InChI=1S/C12H25N/c1-5-8-11(9-6-2)12(13-4)10-7-3/h7,11-13H,3,5-6,8-10H2,1-2,4H3. The van der Waals surface area contributed by atoms with Crippen molar-refractivity contribution in [3.05, 3.63) is 12.7 Å². The fourth-order valence-corrected chi connectivity index (χ4v) is 2.01. The Hall–Kier alpha value is -0.300. The topological polar surface area (TPSA) is 12.0 Å². The molecule has 1 unspecified atom stereocenters. The summed E-state index contributed by atoms with van der Waals surface area (Å²) in [5, 5.41) is 3.40. The minimum absolute atomic E-state index is 0.636. The van der Waals surface area contributed by atoms with Gasteiger partial charge in [-0.05, 0) is 32.2 Å². The van der Waals surface area contributed by atoms with E-state index in [4.69, 9.17) is 0 Å². The van der Waals surface area contributed by atoms with E-state index in [9.17, 15) is 0 Å². The van der Waals surface area contributed by atoms with Gasteiger partial charge in [0.15, 0.2) is 0 Å². The lowest BCUT2D eigenvalue weighted by atomic mass is 9.89. The van der Waals surface area contributed by atoms with Crippen LogP contribution < -0.4 is 5.32 Å². The Bertz CT molecular complexity index is 114. The second-order valence-electron chi connectivity index (χ2n) is 3.76. The first-order chi connectivity index (χ1) is 6.29. The highest BCUT2D eigenvalue weighted by Gasteiger charge is 2.16. The minimum Gasteiger partial charge on any atom is -0.316 e. The molecule has 0 aliphatic heterocycles. The van der Waals surface area contributed by atoms with Crippen molar-refractivity contribution in [2.45, 2.75) is 52.0 Å². The summed E-state index contributed by atoms with van der Waals surface area (Å²) in [6, 6.07) is 0.636. The van der Waals surface area contributed by atoms with Crippen molar-refractivity contribution < 1.29 is 0 Å². The third-order valence-electron chi connectivity index (χ3n) is 2.68. The zero-order chi connectivity index (χ0) is 10.1. The molecule has 0 amide bonds.